The summed E-state index contributed by atoms with van der Waals surface area (Å²) in [5.41, 5.74) is 2.06. The predicted molar refractivity (Wildman–Crippen MR) is 96.4 cm³/mol. The third-order valence-corrected chi connectivity index (χ3v) is 5.40. The number of amides is 1. The highest BCUT2D eigenvalue weighted by Crippen LogP contribution is 2.11. The van der Waals surface area contributed by atoms with Crippen LogP contribution in [-0.2, 0) is 21.1 Å². The van der Waals surface area contributed by atoms with Crippen molar-refractivity contribution in [1.82, 2.24) is 5.32 Å². The summed E-state index contributed by atoms with van der Waals surface area (Å²) in [5.74, 6) is -0.889. The van der Waals surface area contributed by atoms with Crippen LogP contribution in [0.5, 0.6) is 0 Å². The van der Waals surface area contributed by atoms with E-state index in [0.717, 1.165) is 11.1 Å². The Labute approximate surface area is 143 Å². The van der Waals surface area contributed by atoms with Crippen molar-refractivity contribution in [2.75, 3.05) is 11.5 Å². The Bertz CT molecular complexity index is 743. The molecule has 1 unspecified atom stereocenters. The molecule has 0 heterocycles. The fourth-order valence-electron chi connectivity index (χ4n) is 2.52. The molecule has 0 bridgehead atoms. The highest BCUT2D eigenvalue weighted by atomic mass is 32.2. The number of nitrogens with one attached hydrogen (secondary N) is 1. The molecule has 5 heteroatoms. The minimum absolute atomic E-state index is 0.0228. The molecule has 0 aliphatic heterocycles. The number of hydrogen-bond donors (Lipinski definition) is 1. The topological polar surface area (TPSA) is 63.2 Å². The molecule has 24 heavy (non-hydrogen) atoms. The first-order valence-electron chi connectivity index (χ1n) is 8.05. The molecule has 0 saturated carbocycles. The lowest BCUT2D eigenvalue weighted by molar-refractivity contribution is -0.119. The van der Waals surface area contributed by atoms with Crippen LogP contribution >= 0.6 is 0 Å². The first-order valence-corrected chi connectivity index (χ1v) is 9.87. The van der Waals surface area contributed by atoms with Crippen molar-refractivity contribution < 1.29 is 13.2 Å². The van der Waals surface area contributed by atoms with Gasteiger partial charge in [-0.15, -0.1) is 0 Å². The van der Waals surface area contributed by atoms with Gasteiger partial charge in [-0.05, 0) is 30.9 Å². The quantitative estimate of drug-likeness (QED) is 0.800. The molecule has 2 rings (SSSR count). The lowest BCUT2D eigenvalue weighted by Gasteiger charge is -2.14. The Kier molecular flexibility index (Phi) is 6.55. The SMILES string of the molecule is CC(NC(=O)CS(=O)(=O)CCCc1ccccc1)c1ccccc1. The van der Waals surface area contributed by atoms with Crippen molar-refractivity contribution in [2.45, 2.75) is 25.8 Å². The van der Waals surface area contributed by atoms with Crippen LogP contribution in [0, 0.1) is 0 Å². The second-order valence-electron chi connectivity index (χ2n) is 5.88. The molecule has 2 aromatic carbocycles. The summed E-state index contributed by atoms with van der Waals surface area (Å²) in [7, 11) is -3.39. The van der Waals surface area contributed by atoms with Gasteiger partial charge < -0.3 is 5.32 Å². The average Bonchev–Trinajstić information content (AvgIpc) is 2.55. The summed E-state index contributed by atoms with van der Waals surface area (Å²) in [6.07, 6.45) is 1.22. The molecule has 0 saturated heterocycles. The normalized spacial score (nSPS) is 12.5. The zero-order chi connectivity index (χ0) is 17.4. The van der Waals surface area contributed by atoms with Gasteiger partial charge in [-0.25, -0.2) is 8.42 Å². The van der Waals surface area contributed by atoms with Gasteiger partial charge in [0.25, 0.3) is 0 Å². The van der Waals surface area contributed by atoms with Gasteiger partial charge in [-0.2, -0.15) is 0 Å². The number of sulfone groups is 1. The van der Waals surface area contributed by atoms with Gasteiger partial charge in [0.1, 0.15) is 5.75 Å². The van der Waals surface area contributed by atoms with Gasteiger partial charge >= 0.3 is 0 Å². The van der Waals surface area contributed by atoms with E-state index in [1.165, 1.54) is 0 Å². The largest absolute Gasteiger partial charge is 0.349 e. The lowest BCUT2D eigenvalue weighted by Crippen LogP contribution is -2.33. The van der Waals surface area contributed by atoms with Crippen LogP contribution in [0.3, 0.4) is 0 Å². The standard InChI is InChI=1S/C19H23NO3S/c1-16(18-12-6-3-7-13-18)20-19(21)15-24(22,23)14-8-11-17-9-4-2-5-10-17/h2-7,9-10,12-13,16H,8,11,14-15H2,1H3,(H,20,21). The van der Waals surface area contributed by atoms with Crippen LogP contribution in [0.15, 0.2) is 60.7 Å². The number of hydrogen-bond acceptors (Lipinski definition) is 3. The van der Waals surface area contributed by atoms with Gasteiger partial charge in [0.2, 0.25) is 5.91 Å². The summed E-state index contributed by atoms with van der Waals surface area (Å²) in [6.45, 7) is 1.84. The molecule has 1 amide bonds. The third-order valence-electron chi connectivity index (χ3n) is 3.79. The maximum atomic E-state index is 12.1. The van der Waals surface area contributed by atoms with Crippen molar-refractivity contribution in [2.24, 2.45) is 0 Å². The van der Waals surface area contributed by atoms with E-state index in [2.05, 4.69) is 5.32 Å². The summed E-state index contributed by atoms with van der Waals surface area (Å²) >= 11 is 0. The highest BCUT2D eigenvalue weighted by molar-refractivity contribution is 7.92. The molecule has 0 radical (unpaired) electrons. The van der Waals surface area contributed by atoms with Gasteiger partial charge in [-0.1, -0.05) is 60.7 Å². The fraction of sp³-hybridized carbons (Fsp3) is 0.316. The Morgan fingerprint density at radius 2 is 1.58 bits per heavy atom. The van der Waals surface area contributed by atoms with Crippen LogP contribution in [0.2, 0.25) is 0 Å². The molecule has 0 aliphatic rings. The lowest BCUT2D eigenvalue weighted by atomic mass is 10.1. The van der Waals surface area contributed by atoms with Gasteiger partial charge in [0.05, 0.1) is 11.8 Å². The molecule has 0 aromatic heterocycles. The molecule has 128 valence electrons. The van der Waals surface area contributed by atoms with E-state index in [-0.39, 0.29) is 11.8 Å². The molecule has 0 fully saturated rings. The Morgan fingerprint density at radius 1 is 1.00 bits per heavy atom. The van der Waals surface area contributed by atoms with Gasteiger partial charge in [0, 0.05) is 0 Å². The molecule has 1 N–H and O–H groups in total. The molecule has 0 spiro atoms. The number of benzene rings is 2. The van der Waals surface area contributed by atoms with Crippen LogP contribution in [0.4, 0.5) is 0 Å². The molecule has 1 atom stereocenters. The van der Waals surface area contributed by atoms with Crippen molar-refractivity contribution in [3.8, 4) is 0 Å². The fourth-order valence-corrected chi connectivity index (χ4v) is 3.73. The number of carbonyl (C=O) groups excluding carboxylic acids is 1. The molecular weight excluding hydrogens is 322 g/mol. The van der Waals surface area contributed by atoms with E-state index in [4.69, 9.17) is 0 Å². The smallest absolute Gasteiger partial charge is 0.235 e. The van der Waals surface area contributed by atoms with E-state index in [1.807, 2.05) is 67.6 Å². The van der Waals surface area contributed by atoms with Gasteiger partial charge in [-0.3, -0.25) is 4.79 Å². The molecule has 2 aromatic rings. The van der Waals surface area contributed by atoms with Crippen molar-refractivity contribution in [3.63, 3.8) is 0 Å². The van der Waals surface area contributed by atoms with E-state index >= 15 is 0 Å². The minimum Gasteiger partial charge on any atom is -0.349 e. The van der Waals surface area contributed by atoms with Crippen molar-refractivity contribution >= 4 is 15.7 Å². The second-order valence-corrected chi connectivity index (χ2v) is 8.07. The van der Waals surface area contributed by atoms with Gasteiger partial charge in [0.15, 0.2) is 9.84 Å². The highest BCUT2D eigenvalue weighted by Gasteiger charge is 2.18. The number of aryl methyl sites for hydroxylation is 1. The molecule has 0 aliphatic carbocycles. The van der Waals surface area contributed by atoms with Crippen LogP contribution in [0.25, 0.3) is 0 Å². The Balaban J connectivity index is 1.79. The van der Waals surface area contributed by atoms with Crippen LogP contribution in [-0.4, -0.2) is 25.8 Å². The predicted octanol–water partition coefficient (Wildman–Crippen LogP) is 2.91. The maximum absolute atomic E-state index is 12.1. The Hall–Kier alpha value is -2.14. The summed E-state index contributed by atoms with van der Waals surface area (Å²) in [6, 6.07) is 19.0. The Morgan fingerprint density at radius 3 is 2.21 bits per heavy atom. The van der Waals surface area contributed by atoms with E-state index < -0.39 is 21.5 Å². The van der Waals surface area contributed by atoms with E-state index in [0.29, 0.717) is 12.8 Å². The first kappa shape index (κ1) is 18.2. The molecular formula is C19H23NO3S. The van der Waals surface area contributed by atoms with Crippen LogP contribution < -0.4 is 5.32 Å². The summed E-state index contributed by atoms with van der Waals surface area (Å²) in [5, 5.41) is 2.74. The van der Waals surface area contributed by atoms with E-state index in [9.17, 15) is 13.2 Å². The number of carbonyl (C=O) groups is 1. The second kappa shape index (κ2) is 8.64. The summed E-state index contributed by atoms with van der Waals surface area (Å²) < 4.78 is 24.2. The number of rotatable bonds is 8. The first-order chi connectivity index (χ1) is 11.5. The van der Waals surface area contributed by atoms with E-state index in [1.54, 1.807) is 0 Å². The van der Waals surface area contributed by atoms with Crippen LogP contribution in [0.1, 0.15) is 30.5 Å². The van der Waals surface area contributed by atoms with Crippen molar-refractivity contribution in [3.05, 3.63) is 71.8 Å². The minimum atomic E-state index is -3.39. The van der Waals surface area contributed by atoms with Crippen molar-refractivity contribution in [1.29, 1.82) is 0 Å². The maximum Gasteiger partial charge on any atom is 0.235 e. The monoisotopic (exact) mass is 345 g/mol. The average molecular weight is 345 g/mol. The summed E-state index contributed by atoms with van der Waals surface area (Å²) in [4.78, 5) is 12.0. The zero-order valence-electron chi connectivity index (χ0n) is 13.8. The molecule has 4 nitrogen and oxygen atoms in total. The zero-order valence-corrected chi connectivity index (χ0v) is 14.6. The third kappa shape index (κ3) is 6.16.